The minimum atomic E-state index is -2.85. The Kier molecular flexibility index (Phi) is 7.34. The van der Waals surface area contributed by atoms with Gasteiger partial charge >= 0.3 is 6.61 Å². The number of anilines is 1. The molecule has 0 radical (unpaired) electrons. The smallest absolute Gasteiger partial charge is 0.387 e. The van der Waals surface area contributed by atoms with Crippen LogP contribution in [0.1, 0.15) is 24.0 Å². The lowest BCUT2D eigenvalue weighted by atomic mass is 10.1. The average Bonchev–Trinajstić information content (AvgIpc) is 2.69. The number of halogens is 2. The van der Waals surface area contributed by atoms with Crippen molar-refractivity contribution < 1.29 is 18.3 Å². The maximum Gasteiger partial charge on any atom is 0.387 e. The molecule has 0 aromatic heterocycles. The molecule has 1 aliphatic carbocycles. The molecule has 31 heavy (non-hydrogen) atoms. The molecule has 1 aromatic rings. The van der Waals surface area contributed by atoms with Crippen LogP contribution in [0.4, 0.5) is 14.5 Å². The number of methoxy groups -OCH3 is 1. The number of ether oxygens (including phenoxy) is 2. The maximum absolute atomic E-state index is 12.7. The first-order valence-corrected chi connectivity index (χ1v) is 10.1. The van der Waals surface area contributed by atoms with Crippen molar-refractivity contribution in [3.63, 3.8) is 0 Å². The van der Waals surface area contributed by atoms with Gasteiger partial charge in [0.2, 0.25) is 0 Å². The van der Waals surface area contributed by atoms with Gasteiger partial charge in [0.25, 0.3) is 0 Å². The molecule has 0 unspecified atom stereocenters. The summed E-state index contributed by atoms with van der Waals surface area (Å²) >= 11 is 0. The molecule has 1 heterocycles. The number of aryl methyl sites for hydroxylation is 2. The fraction of sp³-hybridized carbons (Fsp3) is 0.280. The van der Waals surface area contributed by atoms with E-state index < -0.39 is 6.61 Å². The van der Waals surface area contributed by atoms with Gasteiger partial charge in [-0.2, -0.15) is 8.78 Å². The predicted octanol–water partition coefficient (Wildman–Crippen LogP) is 6.35. The van der Waals surface area contributed by atoms with Gasteiger partial charge in [0, 0.05) is 24.0 Å². The molecule has 1 aromatic carbocycles. The van der Waals surface area contributed by atoms with E-state index >= 15 is 0 Å². The summed E-state index contributed by atoms with van der Waals surface area (Å²) in [5.74, 6) is 1.69. The third kappa shape index (κ3) is 5.87. The first kappa shape index (κ1) is 22.4. The molecule has 164 valence electrons. The molecular weight excluding hydrogens is 398 g/mol. The Labute approximate surface area is 182 Å². The van der Waals surface area contributed by atoms with Crippen molar-refractivity contribution in [2.45, 2.75) is 33.3 Å². The molecule has 0 fully saturated rings. The molecule has 0 amide bonds. The van der Waals surface area contributed by atoms with Crippen LogP contribution in [0.15, 0.2) is 84.1 Å². The molecule has 3 rings (SSSR count). The van der Waals surface area contributed by atoms with Gasteiger partial charge in [-0.25, -0.2) is 0 Å². The highest BCUT2D eigenvalue weighted by molar-refractivity contribution is 5.61. The minimum absolute atomic E-state index is 0.178. The van der Waals surface area contributed by atoms with Crippen LogP contribution in [0.3, 0.4) is 0 Å². The zero-order chi connectivity index (χ0) is 22.4. The molecule has 1 aliphatic heterocycles. The van der Waals surface area contributed by atoms with E-state index in [1.807, 2.05) is 25.3 Å². The fourth-order valence-corrected chi connectivity index (χ4v) is 3.42. The SMILES string of the molecule is C=C1C=C(Nc2cc(C)c(OC(F)F)cc2C)N(C/C2=C/C=C\CC=CC2)C=C1OC. The van der Waals surface area contributed by atoms with Crippen molar-refractivity contribution >= 4 is 5.69 Å². The molecule has 0 spiro atoms. The number of nitrogens with zero attached hydrogens (tertiary/aromatic N) is 1. The number of allylic oxidation sites excluding steroid dienone is 6. The highest BCUT2D eigenvalue weighted by Crippen LogP contribution is 2.31. The van der Waals surface area contributed by atoms with Gasteiger partial charge in [-0.1, -0.05) is 37.0 Å². The second kappa shape index (κ2) is 10.2. The molecule has 0 bridgehead atoms. The van der Waals surface area contributed by atoms with E-state index in [-0.39, 0.29) is 5.75 Å². The molecule has 0 saturated heterocycles. The Morgan fingerprint density at radius 2 is 1.97 bits per heavy atom. The zero-order valence-corrected chi connectivity index (χ0v) is 18.1. The van der Waals surface area contributed by atoms with E-state index in [1.54, 1.807) is 20.1 Å². The summed E-state index contributed by atoms with van der Waals surface area (Å²) in [6.07, 6.45) is 16.3. The van der Waals surface area contributed by atoms with Crippen LogP contribution in [0.25, 0.3) is 0 Å². The lowest BCUT2D eigenvalue weighted by Gasteiger charge is -2.31. The Bertz CT molecular complexity index is 987. The van der Waals surface area contributed by atoms with Gasteiger partial charge in [-0.15, -0.1) is 0 Å². The van der Waals surface area contributed by atoms with E-state index in [0.29, 0.717) is 17.9 Å². The molecule has 2 aliphatic rings. The van der Waals surface area contributed by atoms with Crippen LogP contribution in [0.2, 0.25) is 0 Å². The maximum atomic E-state index is 12.7. The van der Waals surface area contributed by atoms with Gasteiger partial charge in [0.05, 0.1) is 7.11 Å². The van der Waals surface area contributed by atoms with Gasteiger partial charge in [0.1, 0.15) is 17.3 Å². The van der Waals surface area contributed by atoms with Crippen molar-refractivity contribution in [2.75, 3.05) is 19.0 Å². The lowest BCUT2D eigenvalue weighted by molar-refractivity contribution is -0.0503. The third-order valence-electron chi connectivity index (χ3n) is 5.09. The van der Waals surface area contributed by atoms with E-state index in [1.165, 1.54) is 5.57 Å². The number of rotatable bonds is 7. The van der Waals surface area contributed by atoms with Gasteiger partial charge in [0.15, 0.2) is 0 Å². The van der Waals surface area contributed by atoms with Gasteiger partial charge < -0.3 is 19.7 Å². The summed E-state index contributed by atoms with van der Waals surface area (Å²) in [5.41, 5.74) is 4.22. The first-order chi connectivity index (χ1) is 14.9. The first-order valence-electron chi connectivity index (χ1n) is 10.1. The third-order valence-corrected chi connectivity index (χ3v) is 5.09. The standard InChI is InChI=1S/C25H28F2N2O2/c1-17-13-22(31-25(26)27)18(2)12-21(17)28-24-14-19(3)23(30-4)16-29(24)15-20-10-8-6-5-7-9-11-20/h6-10,12-14,16,25,28H,3,5,11,15H2,1-2,4H3/b8-6-,9-7?,20-10+. The normalized spacial score (nSPS) is 19.1. The summed E-state index contributed by atoms with van der Waals surface area (Å²) in [7, 11) is 1.62. The Hall–Kier alpha value is -3.28. The number of hydrogen-bond acceptors (Lipinski definition) is 4. The Balaban J connectivity index is 1.87. The summed E-state index contributed by atoms with van der Waals surface area (Å²) in [5, 5.41) is 3.43. The summed E-state index contributed by atoms with van der Waals surface area (Å²) in [6.45, 7) is 5.49. The molecule has 6 heteroatoms. The number of hydrogen-bond donors (Lipinski definition) is 1. The summed E-state index contributed by atoms with van der Waals surface area (Å²) in [6, 6.07) is 3.43. The van der Waals surface area contributed by atoms with E-state index in [9.17, 15) is 8.78 Å². The summed E-state index contributed by atoms with van der Waals surface area (Å²) in [4.78, 5) is 2.07. The van der Waals surface area contributed by atoms with Crippen LogP contribution >= 0.6 is 0 Å². The highest BCUT2D eigenvalue weighted by Gasteiger charge is 2.19. The van der Waals surface area contributed by atoms with E-state index in [2.05, 4.69) is 51.9 Å². The van der Waals surface area contributed by atoms with Crippen LogP contribution in [0, 0.1) is 13.8 Å². The van der Waals surface area contributed by atoms with Gasteiger partial charge in [-0.3, -0.25) is 0 Å². The molecule has 1 N–H and O–H groups in total. The van der Waals surface area contributed by atoms with Crippen LogP contribution in [-0.4, -0.2) is 25.2 Å². The topological polar surface area (TPSA) is 33.7 Å². The van der Waals surface area contributed by atoms with Crippen molar-refractivity contribution in [1.29, 1.82) is 0 Å². The second-order valence-electron chi connectivity index (χ2n) is 7.48. The van der Waals surface area contributed by atoms with E-state index in [4.69, 9.17) is 4.74 Å². The largest absolute Gasteiger partial charge is 0.495 e. The van der Waals surface area contributed by atoms with Crippen molar-refractivity contribution in [2.24, 2.45) is 0 Å². The lowest BCUT2D eigenvalue weighted by Crippen LogP contribution is -2.28. The van der Waals surface area contributed by atoms with Crippen LogP contribution in [0.5, 0.6) is 5.75 Å². The van der Waals surface area contributed by atoms with E-state index in [0.717, 1.165) is 35.5 Å². The fourth-order valence-electron chi connectivity index (χ4n) is 3.42. The predicted molar refractivity (Wildman–Crippen MR) is 121 cm³/mol. The quantitative estimate of drug-likeness (QED) is 0.515. The zero-order valence-electron chi connectivity index (χ0n) is 18.1. The Morgan fingerprint density at radius 3 is 2.71 bits per heavy atom. The second-order valence-corrected chi connectivity index (χ2v) is 7.48. The van der Waals surface area contributed by atoms with Crippen molar-refractivity contribution in [3.05, 3.63) is 95.2 Å². The Morgan fingerprint density at radius 1 is 1.16 bits per heavy atom. The van der Waals surface area contributed by atoms with Crippen LogP contribution in [-0.2, 0) is 4.74 Å². The molecule has 0 saturated carbocycles. The van der Waals surface area contributed by atoms with Crippen LogP contribution < -0.4 is 10.1 Å². The van der Waals surface area contributed by atoms with Crippen molar-refractivity contribution in [3.8, 4) is 5.75 Å². The van der Waals surface area contributed by atoms with Gasteiger partial charge in [-0.05, 0) is 61.6 Å². The highest BCUT2D eigenvalue weighted by atomic mass is 19.3. The monoisotopic (exact) mass is 426 g/mol. The minimum Gasteiger partial charge on any atom is -0.495 e. The number of benzene rings is 1. The average molecular weight is 427 g/mol. The summed E-state index contributed by atoms with van der Waals surface area (Å²) < 4.78 is 35.4. The molecular formula is C25H28F2N2O2. The molecule has 0 atom stereocenters. The number of alkyl halides is 2. The molecule has 4 nitrogen and oxygen atoms in total. The van der Waals surface area contributed by atoms with Crippen molar-refractivity contribution in [1.82, 2.24) is 4.90 Å². The number of nitrogens with one attached hydrogen (secondary N) is 1.